The molecule has 0 atom stereocenters. The molecule has 0 radical (unpaired) electrons. The summed E-state index contributed by atoms with van der Waals surface area (Å²) in [5.41, 5.74) is 19.8. The van der Waals surface area contributed by atoms with Crippen LogP contribution in [0.25, 0.3) is 0 Å². The summed E-state index contributed by atoms with van der Waals surface area (Å²) < 4.78 is 18.7. The molecule has 3 aromatic rings. The van der Waals surface area contributed by atoms with Crippen molar-refractivity contribution in [2.45, 2.75) is 0 Å². The van der Waals surface area contributed by atoms with Crippen molar-refractivity contribution in [2.75, 3.05) is 17.2 Å². The summed E-state index contributed by atoms with van der Waals surface area (Å²) in [6.07, 6.45) is 0. The van der Waals surface area contributed by atoms with Crippen LogP contribution in [0.15, 0.2) is 63.2 Å². The zero-order valence-corrected chi connectivity index (χ0v) is 24.7. The van der Waals surface area contributed by atoms with Crippen LogP contribution in [-0.2, 0) is 4.57 Å². The predicted octanol–water partition coefficient (Wildman–Crippen LogP) is 6.65. The van der Waals surface area contributed by atoms with Gasteiger partial charge in [-0.25, -0.2) is 0 Å². The second-order valence-electron chi connectivity index (χ2n) is 6.08. The molecule has 0 aromatic heterocycles. The summed E-state index contributed by atoms with van der Waals surface area (Å²) in [6, 6.07) is 10.7. The van der Waals surface area contributed by atoms with E-state index in [0.29, 0.717) is 59.8 Å². The van der Waals surface area contributed by atoms with Gasteiger partial charge in [0.25, 0.3) is 0 Å². The zero-order chi connectivity index (χ0) is 21.7. The fraction of sp³-hybridized carbons (Fsp3) is 0. The van der Waals surface area contributed by atoms with Gasteiger partial charge in [0.05, 0.1) is 17.1 Å². The molecule has 0 saturated heterocycles. The highest BCUT2D eigenvalue weighted by atomic mass is 79.9. The Morgan fingerprint density at radius 2 is 0.655 bits per heavy atom. The van der Waals surface area contributed by atoms with Crippen LogP contribution in [0.2, 0.25) is 0 Å². The molecule has 29 heavy (non-hydrogen) atoms. The summed E-state index contributed by atoms with van der Waals surface area (Å²) >= 11 is 20.8. The van der Waals surface area contributed by atoms with Gasteiger partial charge in [-0.1, -0.05) is 0 Å². The fourth-order valence-corrected chi connectivity index (χ4v) is 10.1. The third-order valence-corrected chi connectivity index (χ3v) is 11.2. The van der Waals surface area contributed by atoms with Gasteiger partial charge < -0.3 is 21.8 Å². The van der Waals surface area contributed by atoms with Gasteiger partial charge in [0, 0.05) is 42.7 Å². The quantitative estimate of drug-likeness (QED) is 0.205. The van der Waals surface area contributed by atoms with Crippen LogP contribution >= 0.6 is 103 Å². The number of halogens is 6. The summed E-state index contributed by atoms with van der Waals surface area (Å²) in [6.45, 7) is 0. The van der Waals surface area contributed by atoms with Crippen LogP contribution in [0.3, 0.4) is 0 Å². The van der Waals surface area contributed by atoms with Crippen LogP contribution in [0.5, 0.6) is 0 Å². The maximum atomic E-state index is 14.8. The molecule has 4 nitrogen and oxygen atoms in total. The van der Waals surface area contributed by atoms with E-state index in [1.165, 1.54) is 0 Å². The van der Waals surface area contributed by atoms with Crippen LogP contribution in [0.1, 0.15) is 0 Å². The maximum Gasteiger partial charge on any atom is 0.171 e. The van der Waals surface area contributed by atoms with Gasteiger partial charge in [0.2, 0.25) is 0 Å². The van der Waals surface area contributed by atoms with Gasteiger partial charge in [-0.15, -0.1) is 0 Å². The van der Waals surface area contributed by atoms with Gasteiger partial charge >= 0.3 is 0 Å². The Balaban J connectivity index is 2.44. The number of hydrogen-bond acceptors (Lipinski definition) is 4. The molecule has 0 saturated carbocycles. The minimum Gasteiger partial charge on any atom is -0.397 e. The second-order valence-corrected chi connectivity index (χ2v) is 14.0. The molecule has 0 aliphatic carbocycles. The van der Waals surface area contributed by atoms with E-state index in [1.807, 2.05) is 0 Å². The molecular weight excluding hydrogens is 785 g/mol. The van der Waals surface area contributed by atoms with Crippen molar-refractivity contribution in [1.82, 2.24) is 0 Å². The molecule has 0 fully saturated rings. The molecule has 3 aromatic carbocycles. The zero-order valence-electron chi connectivity index (χ0n) is 14.3. The van der Waals surface area contributed by atoms with Crippen molar-refractivity contribution in [1.29, 1.82) is 0 Å². The lowest BCUT2D eigenvalue weighted by Crippen LogP contribution is -2.26. The van der Waals surface area contributed by atoms with E-state index in [4.69, 9.17) is 17.2 Å². The maximum absolute atomic E-state index is 14.8. The first-order valence-corrected chi connectivity index (χ1v) is 14.3. The molecule has 11 heteroatoms. The van der Waals surface area contributed by atoms with E-state index < -0.39 is 7.14 Å². The average molecular weight is 797 g/mol. The van der Waals surface area contributed by atoms with E-state index in [2.05, 4.69) is 95.6 Å². The third-order valence-electron chi connectivity index (χ3n) is 4.28. The van der Waals surface area contributed by atoms with Gasteiger partial charge in [0.15, 0.2) is 7.14 Å². The van der Waals surface area contributed by atoms with Gasteiger partial charge in [-0.3, -0.25) is 0 Å². The standard InChI is InChI=1S/C18H12Br6N3OP/c19-10-1-7(2-11(20)16(10)25)29(28,8-3-12(21)17(26)13(22)4-8)9-5-14(23)18(27)15(24)6-9/h1-6H,25-27H2. The largest absolute Gasteiger partial charge is 0.397 e. The lowest BCUT2D eigenvalue weighted by atomic mass is 10.3. The SMILES string of the molecule is Nc1c(Br)cc(P(=O)(c2cc(Br)c(N)c(Br)c2)c2cc(Br)c(N)c(Br)c2)cc1Br. The number of nitrogens with two attached hydrogens (primary N) is 3. The number of anilines is 3. The Morgan fingerprint density at radius 1 is 0.483 bits per heavy atom. The van der Waals surface area contributed by atoms with E-state index in [9.17, 15) is 4.57 Å². The molecule has 0 aliphatic heterocycles. The number of nitrogen functional groups attached to an aromatic ring is 3. The normalized spacial score (nSPS) is 11.7. The Bertz CT molecular complexity index is 985. The van der Waals surface area contributed by atoms with Crippen molar-refractivity contribution in [3.05, 3.63) is 63.2 Å². The molecule has 0 amide bonds. The first-order valence-electron chi connectivity index (χ1n) is 7.82. The minimum absolute atomic E-state index is 0.527. The summed E-state index contributed by atoms with van der Waals surface area (Å²) in [5.74, 6) is 0. The summed E-state index contributed by atoms with van der Waals surface area (Å²) in [7, 11) is -3.34. The molecule has 0 unspecified atom stereocenters. The molecule has 0 bridgehead atoms. The highest BCUT2D eigenvalue weighted by Gasteiger charge is 2.33. The molecule has 0 heterocycles. The van der Waals surface area contributed by atoms with Crippen molar-refractivity contribution in [2.24, 2.45) is 0 Å². The summed E-state index contributed by atoms with van der Waals surface area (Å²) in [5, 5.41) is 1.78. The third kappa shape index (κ3) is 4.41. The Kier molecular flexibility index (Phi) is 7.36. The predicted molar refractivity (Wildman–Crippen MR) is 145 cm³/mol. The first kappa shape index (κ1) is 23.8. The molecule has 0 spiro atoms. The van der Waals surface area contributed by atoms with E-state index in [-0.39, 0.29) is 0 Å². The van der Waals surface area contributed by atoms with Gasteiger partial charge in [0.1, 0.15) is 0 Å². The van der Waals surface area contributed by atoms with Crippen molar-refractivity contribution in [3.63, 3.8) is 0 Å². The van der Waals surface area contributed by atoms with Crippen molar-refractivity contribution < 1.29 is 4.57 Å². The van der Waals surface area contributed by atoms with Crippen LogP contribution in [0, 0.1) is 0 Å². The number of rotatable bonds is 3. The van der Waals surface area contributed by atoms with E-state index in [0.717, 1.165) is 0 Å². The first-order chi connectivity index (χ1) is 13.5. The van der Waals surface area contributed by atoms with Crippen LogP contribution < -0.4 is 33.1 Å². The molecular formula is C18H12Br6N3OP. The van der Waals surface area contributed by atoms with E-state index in [1.54, 1.807) is 36.4 Å². The Hall–Kier alpha value is 0.170. The molecule has 152 valence electrons. The Labute approximate surface area is 218 Å². The molecule has 0 aliphatic rings. The van der Waals surface area contributed by atoms with Crippen molar-refractivity contribution >= 4 is 136 Å². The fourth-order valence-electron chi connectivity index (χ4n) is 2.71. The highest BCUT2D eigenvalue weighted by Crippen LogP contribution is 2.48. The van der Waals surface area contributed by atoms with E-state index >= 15 is 0 Å². The lowest BCUT2D eigenvalue weighted by Gasteiger charge is -2.23. The lowest BCUT2D eigenvalue weighted by molar-refractivity contribution is 0.592. The topological polar surface area (TPSA) is 95.1 Å². The van der Waals surface area contributed by atoms with Crippen LogP contribution in [0.4, 0.5) is 17.1 Å². The number of benzene rings is 3. The van der Waals surface area contributed by atoms with Crippen molar-refractivity contribution in [3.8, 4) is 0 Å². The van der Waals surface area contributed by atoms with Crippen LogP contribution in [-0.4, -0.2) is 0 Å². The summed E-state index contributed by atoms with van der Waals surface area (Å²) in [4.78, 5) is 0. The Morgan fingerprint density at radius 3 is 0.828 bits per heavy atom. The molecule has 3 rings (SSSR count). The minimum atomic E-state index is -3.34. The number of hydrogen-bond donors (Lipinski definition) is 3. The van der Waals surface area contributed by atoms with Gasteiger partial charge in [-0.2, -0.15) is 0 Å². The molecule has 6 N–H and O–H groups in total. The smallest absolute Gasteiger partial charge is 0.171 e. The highest BCUT2D eigenvalue weighted by molar-refractivity contribution is 9.12. The second kappa shape index (κ2) is 8.96. The van der Waals surface area contributed by atoms with Gasteiger partial charge in [-0.05, 0) is 132 Å². The monoisotopic (exact) mass is 791 g/mol. The average Bonchev–Trinajstić information content (AvgIpc) is 2.66.